The molecule has 0 heterocycles. The monoisotopic (exact) mass is 395 g/mol. The first-order chi connectivity index (χ1) is 12.5. The lowest BCUT2D eigenvalue weighted by Crippen LogP contribution is -2.37. The fraction of sp³-hybridized carbons (Fsp3) is 0.350. The largest absolute Gasteiger partial charge is 0.494 e. The van der Waals surface area contributed by atoms with Gasteiger partial charge in [0.05, 0.1) is 6.61 Å². The molecule has 0 aromatic heterocycles. The van der Waals surface area contributed by atoms with Gasteiger partial charge < -0.3 is 14.8 Å². The van der Waals surface area contributed by atoms with Crippen LogP contribution < -0.4 is 14.8 Å². The van der Waals surface area contributed by atoms with Gasteiger partial charge in [0.2, 0.25) is 0 Å². The molecule has 2 rings (SSSR count). The summed E-state index contributed by atoms with van der Waals surface area (Å²) in [4.78, 5) is 12.1. The van der Waals surface area contributed by atoms with Gasteiger partial charge in [-0.1, -0.05) is 23.2 Å². The van der Waals surface area contributed by atoms with Crippen LogP contribution in [-0.4, -0.2) is 25.2 Å². The molecule has 2 aromatic rings. The zero-order valence-corrected chi connectivity index (χ0v) is 16.4. The molecule has 1 amide bonds. The molecule has 0 saturated carbocycles. The van der Waals surface area contributed by atoms with Crippen molar-refractivity contribution in [3.05, 3.63) is 58.1 Å². The van der Waals surface area contributed by atoms with Crippen molar-refractivity contribution in [1.82, 2.24) is 5.32 Å². The van der Waals surface area contributed by atoms with Crippen molar-refractivity contribution in [2.75, 3.05) is 13.2 Å². The summed E-state index contributed by atoms with van der Waals surface area (Å²) in [6.45, 7) is 4.79. The SMILES string of the molecule is Cc1cc(Cl)ccc1OC(C)C(=O)NCCCCOc1ccc(Cl)cc1. The second-order valence-electron chi connectivity index (χ2n) is 5.97. The van der Waals surface area contributed by atoms with Gasteiger partial charge in [0.25, 0.3) is 5.91 Å². The first-order valence-electron chi connectivity index (χ1n) is 8.54. The van der Waals surface area contributed by atoms with Gasteiger partial charge in [0.1, 0.15) is 11.5 Å². The second-order valence-corrected chi connectivity index (χ2v) is 6.84. The van der Waals surface area contributed by atoms with Crippen LogP contribution in [0.2, 0.25) is 10.0 Å². The highest BCUT2D eigenvalue weighted by Gasteiger charge is 2.15. The number of aryl methyl sites for hydroxylation is 1. The van der Waals surface area contributed by atoms with Gasteiger partial charge in [-0.15, -0.1) is 0 Å². The molecule has 140 valence electrons. The zero-order chi connectivity index (χ0) is 18.9. The second kappa shape index (κ2) is 10.3. The van der Waals surface area contributed by atoms with E-state index in [1.54, 1.807) is 31.2 Å². The third kappa shape index (κ3) is 6.77. The van der Waals surface area contributed by atoms with Gasteiger partial charge in [-0.25, -0.2) is 0 Å². The summed E-state index contributed by atoms with van der Waals surface area (Å²) >= 11 is 11.7. The number of carbonyl (C=O) groups is 1. The minimum absolute atomic E-state index is 0.141. The molecular formula is C20H23Cl2NO3. The Bertz CT molecular complexity index is 719. The minimum Gasteiger partial charge on any atom is -0.494 e. The quantitative estimate of drug-likeness (QED) is 0.604. The van der Waals surface area contributed by atoms with Crippen LogP contribution in [0.25, 0.3) is 0 Å². The van der Waals surface area contributed by atoms with Gasteiger partial charge in [-0.2, -0.15) is 0 Å². The van der Waals surface area contributed by atoms with E-state index in [4.69, 9.17) is 32.7 Å². The molecule has 1 N–H and O–H groups in total. The third-order valence-corrected chi connectivity index (χ3v) is 4.25. The molecule has 0 radical (unpaired) electrons. The molecule has 0 fully saturated rings. The van der Waals surface area contributed by atoms with Gasteiger partial charge in [-0.3, -0.25) is 4.79 Å². The van der Waals surface area contributed by atoms with E-state index in [-0.39, 0.29) is 5.91 Å². The maximum absolute atomic E-state index is 12.1. The Morgan fingerprint density at radius 2 is 1.77 bits per heavy atom. The summed E-state index contributed by atoms with van der Waals surface area (Å²) in [5.74, 6) is 1.31. The fourth-order valence-electron chi connectivity index (χ4n) is 2.29. The lowest BCUT2D eigenvalue weighted by Gasteiger charge is -2.16. The van der Waals surface area contributed by atoms with Gasteiger partial charge in [0.15, 0.2) is 6.10 Å². The van der Waals surface area contributed by atoms with Crippen molar-refractivity contribution in [3.63, 3.8) is 0 Å². The Kier molecular flexibility index (Phi) is 8.07. The molecule has 0 aliphatic carbocycles. The minimum atomic E-state index is -0.569. The molecule has 0 aliphatic heterocycles. The summed E-state index contributed by atoms with van der Waals surface area (Å²) < 4.78 is 11.3. The molecule has 0 aliphatic rings. The van der Waals surface area contributed by atoms with E-state index in [2.05, 4.69) is 5.32 Å². The lowest BCUT2D eigenvalue weighted by atomic mass is 10.2. The number of rotatable bonds is 9. The average Bonchev–Trinajstić information content (AvgIpc) is 2.61. The van der Waals surface area contributed by atoms with Gasteiger partial charge >= 0.3 is 0 Å². The van der Waals surface area contributed by atoms with Crippen LogP contribution in [0.4, 0.5) is 0 Å². The molecule has 26 heavy (non-hydrogen) atoms. The number of ether oxygens (including phenoxy) is 2. The average molecular weight is 396 g/mol. The lowest BCUT2D eigenvalue weighted by molar-refractivity contribution is -0.127. The summed E-state index contributed by atoms with van der Waals surface area (Å²) in [6, 6.07) is 12.6. The van der Waals surface area contributed by atoms with E-state index >= 15 is 0 Å². The van der Waals surface area contributed by atoms with Crippen LogP contribution in [0.1, 0.15) is 25.3 Å². The maximum Gasteiger partial charge on any atom is 0.260 e. The standard InChI is InChI=1S/C20H23Cl2NO3/c1-14-13-17(22)7-10-19(14)26-15(2)20(24)23-11-3-4-12-25-18-8-5-16(21)6-9-18/h5-10,13,15H,3-4,11-12H2,1-2H3,(H,23,24). The van der Waals surface area contributed by atoms with E-state index in [1.165, 1.54) is 0 Å². The number of nitrogens with one attached hydrogen (secondary N) is 1. The smallest absolute Gasteiger partial charge is 0.260 e. The van der Waals surface area contributed by atoms with Crippen LogP contribution in [0.5, 0.6) is 11.5 Å². The highest BCUT2D eigenvalue weighted by Crippen LogP contribution is 2.22. The zero-order valence-electron chi connectivity index (χ0n) is 14.9. The predicted molar refractivity (Wildman–Crippen MR) is 105 cm³/mol. The molecule has 0 saturated heterocycles. The van der Waals surface area contributed by atoms with Crippen LogP contribution >= 0.6 is 23.2 Å². The number of unbranched alkanes of at least 4 members (excludes halogenated alkanes) is 1. The molecule has 0 spiro atoms. The highest BCUT2D eigenvalue weighted by atomic mass is 35.5. The predicted octanol–water partition coefficient (Wildman–Crippen LogP) is 5.04. The number of amides is 1. The van der Waals surface area contributed by atoms with Crippen molar-refractivity contribution < 1.29 is 14.3 Å². The Hall–Kier alpha value is -1.91. The van der Waals surface area contributed by atoms with E-state index in [0.29, 0.717) is 28.9 Å². The number of hydrogen-bond acceptors (Lipinski definition) is 3. The van der Waals surface area contributed by atoms with Gasteiger partial charge in [0, 0.05) is 16.6 Å². The maximum atomic E-state index is 12.1. The number of benzene rings is 2. The first kappa shape index (κ1) is 20.4. The van der Waals surface area contributed by atoms with Crippen LogP contribution in [0.3, 0.4) is 0 Å². The van der Waals surface area contributed by atoms with Crippen molar-refractivity contribution >= 4 is 29.1 Å². The molecular weight excluding hydrogens is 373 g/mol. The molecule has 1 atom stereocenters. The summed E-state index contributed by atoms with van der Waals surface area (Å²) in [7, 11) is 0. The van der Waals surface area contributed by atoms with Crippen molar-refractivity contribution in [3.8, 4) is 11.5 Å². The van der Waals surface area contributed by atoms with Gasteiger partial charge in [-0.05, 0) is 74.7 Å². The highest BCUT2D eigenvalue weighted by molar-refractivity contribution is 6.30. The van der Waals surface area contributed by atoms with Crippen LogP contribution in [0.15, 0.2) is 42.5 Å². The molecule has 6 heteroatoms. The Morgan fingerprint density at radius 3 is 2.46 bits per heavy atom. The fourth-order valence-corrected chi connectivity index (χ4v) is 2.64. The molecule has 4 nitrogen and oxygen atoms in total. The van der Waals surface area contributed by atoms with E-state index in [0.717, 1.165) is 24.2 Å². The number of hydrogen-bond donors (Lipinski definition) is 1. The topological polar surface area (TPSA) is 47.6 Å². The van der Waals surface area contributed by atoms with Crippen molar-refractivity contribution in [2.24, 2.45) is 0 Å². The van der Waals surface area contributed by atoms with E-state index < -0.39 is 6.10 Å². The van der Waals surface area contributed by atoms with Crippen LogP contribution in [0, 0.1) is 6.92 Å². The number of halogens is 2. The first-order valence-corrected chi connectivity index (χ1v) is 9.30. The Labute approximate surface area is 164 Å². The van der Waals surface area contributed by atoms with Crippen molar-refractivity contribution in [1.29, 1.82) is 0 Å². The molecule has 2 aromatic carbocycles. The Balaban J connectivity index is 1.62. The summed E-state index contributed by atoms with van der Waals surface area (Å²) in [6.07, 6.45) is 1.10. The van der Waals surface area contributed by atoms with E-state index in [1.807, 2.05) is 25.1 Å². The third-order valence-electron chi connectivity index (χ3n) is 3.76. The van der Waals surface area contributed by atoms with E-state index in [9.17, 15) is 4.79 Å². The summed E-state index contributed by atoms with van der Waals surface area (Å²) in [5, 5.41) is 4.21. The van der Waals surface area contributed by atoms with Crippen molar-refractivity contribution in [2.45, 2.75) is 32.8 Å². The summed E-state index contributed by atoms with van der Waals surface area (Å²) in [5.41, 5.74) is 0.900. The molecule has 1 unspecified atom stereocenters. The Morgan fingerprint density at radius 1 is 1.08 bits per heavy atom. The molecule has 0 bridgehead atoms. The normalized spacial score (nSPS) is 11.7. The van der Waals surface area contributed by atoms with Crippen LogP contribution in [-0.2, 0) is 4.79 Å². The number of carbonyl (C=O) groups excluding carboxylic acids is 1.